The van der Waals surface area contributed by atoms with Crippen LogP contribution in [0.5, 0.6) is 0 Å². The Morgan fingerprint density at radius 3 is 3.08 bits per heavy atom. The smallest absolute Gasteiger partial charge is 0.123 e. The maximum absolute atomic E-state index is 4.36. The van der Waals surface area contributed by atoms with E-state index < -0.39 is 0 Å². The van der Waals surface area contributed by atoms with Crippen LogP contribution in [0.25, 0.3) is 21.0 Å². The number of thiophene rings is 1. The van der Waals surface area contributed by atoms with Crippen LogP contribution in [0, 0.1) is 0 Å². The van der Waals surface area contributed by atoms with E-state index in [0.29, 0.717) is 0 Å². The van der Waals surface area contributed by atoms with Crippen molar-refractivity contribution in [3.05, 3.63) is 36.1 Å². The van der Waals surface area contributed by atoms with Gasteiger partial charge in [-0.3, -0.25) is 4.98 Å². The van der Waals surface area contributed by atoms with E-state index in [9.17, 15) is 0 Å². The molecule has 62 valence electrons. The second-order valence-corrected chi connectivity index (χ2v) is 3.76. The molecule has 3 rings (SSSR count). The second kappa shape index (κ2) is 2.50. The van der Waals surface area contributed by atoms with E-state index in [4.69, 9.17) is 0 Å². The third-order valence-electron chi connectivity index (χ3n) is 2.11. The molecule has 0 atom stereocenters. The van der Waals surface area contributed by atoms with Crippen molar-refractivity contribution in [2.75, 3.05) is 0 Å². The fraction of sp³-hybridized carbons (Fsp3) is 0. The number of rotatable bonds is 0. The zero-order valence-corrected chi connectivity index (χ0v) is 7.58. The maximum atomic E-state index is 4.36. The Bertz CT molecular complexity index is 571. The molecule has 0 saturated carbocycles. The van der Waals surface area contributed by atoms with Crippen molar-refractivity contribution in [1.29, 1.82) is 0 Å². The van der Waals surface area contributed by atoms with Crippen LogP contribution >= 0.6 is 11.3 Å². The number of hydrogen-bond donors (Lipinski definition) is 0. The van der Waals surface area contributed by atoms with Crippen LogP contribution in [-0.4, -0.2) is 9.97 Å². The molecule has 0 unspecified atom stereocenters. The zero-order valence-electron chi connectivity index (χ0n) is 6.77. The Balaban J connectivity index is 2.65. The Morgan fingerprint density at radius 2 is 2.08 bits per heavy atom. The first-order chi connectivity index (χ1) is 6.45. The molecule has 0 N–H and O–H groups in total. The van der Waals surface area contributed by atoms with Crippen molar-refractivity contribution < 1.29 is 0 Å². The normalized spacial score (nSPS) is 11.1. The molecule has 0 fully saturated rings. The highest BCUT2D eigenvalue weighted by Gasteiger charge is 2.01. The van der Waals surface area contributed by atoms with Gasteiger partial charge >= 0.3 is 0 Å². The first-order valence-corrected chi connectivity index (χ1v) is 4.89. The Kier molecular flexibility index (Phi) is 1.34. The molecular weight excluding hydrogens is 180 g/mol. The molecule has 0 amide bonds. The summed E-state index contributed by atoms with van der Waals surface area (Å²) >= 11 is 1.66. The third kappa shape index (κ3) is 0.939. The highest BCUT2D eigenvalue weighted by molar-refractivity contribution is 7.16. The number of fused-ring (bicyclic) bond motifs is 3. The minimum absolute atomic E-state index is 1.08. The molecule has 0 aromatic carbocycles. The maximum Gasteiger partial charge on any atom is 0.123 e. The fourth-order valence-electron chi connectivity index (χ4n) is 1.48. The first kappa shape index (κ1) is 6.97. The van der Waals surface area contributed by atoms with E-state index in [-0.39, 0.29) is 0 Å². The van der Waals surface area contributed by atoms with Crippen LogP contribution in [0.4, 0.5) is 0 Å². The van der Waals surface area contributed by atoms with Gasteiger partial charge in [0.1, 0.15) is 4.83 Å². The molecule has 3 aromatic rings. The summed E-state index contributed by atoms with van der Waals surface area (Å²) in [7, 11) is 0. The van der Waals surface area contributed by atoms with Crippen LogP contribution < -0.4 is 0 Å². The van der Waals surface area contributed by atoms with Crippen molar-refractivity contribution in [2.24, 2.45) is 0 Å². The first-order valence-electron chi connectivity index (χ1n) is 4.01. The van der Waals surface area contributed by atoms with Crippen molar-refractivity contribution in [3.63, 3.8) is 0 Å². The van der Waals surface area contributed by atoms with Crippen LogP contribution in [0.2, 0.25) is 0 Å². The molecule has 0 aliphatic carbocycles. The van der Waals surface area contributed by atoms with Gasteiger partial charge in [-0.15, -0.1) is 11.3 Å². The fourth-order valence-corrected chi connectivity index (χ4v) is 2.23. The molecule has 2 nitrogen and oxygen atoms in total. The molecule has 0 saturated heterocycles. The van der Waals surface area contributed by atoms with Gasteiger partial charge in [0.15, 0.2) is 0 Å². The summed E-state index contributed by atoms with van der Waals surface area (Å²) in [6.45, 7) is 0. The SMILES string of the molecule is c1cc2cnc3sccc3c2cn1. The van der Waals surface area contributed by atoms with Gasteiger partial charge in [0.2, 0.25) is 0 Å². The van der Waals surface area contributed by atoms with E-state index in [2.05, 4.69) is 21.4 Å². The lowest BCUT2D eigenvalue weighted by Crippen LogP contribution is -1.78. The standard InChI is InChI=1S/C10H6N2S/c1-3-11-6-9-7(1)5-12-10-8(9)2-4-13-10/h1-6H. The van der Waals surface area contributed by atoms with Gasteiger partial charge in [-0.1, -0.05) is 0 Å². The molecule has 0 spiro atoms. The van der Waals surface area contributed by atoms with Crippen LogP contribution in [0.1, 0.15) is 0 Å². The summed E-state index contributed by atoms with van der Waals surface area (Å²) in [4.78, 5) is 9.56. The van der Waals surface area contributed by atoms with Gasteiger partial charge in [0, 0.05) is 34.7 Å². The predicted octanol–water partition coefficient (Wildman–Crippen LogP) is 2.84. The van der Waals surface area contributed by atoms with Gasteiger partial charge in [0.05, 0.1) is 0 Å². The number of hydrogen-bond acceptors (Lipinski definition) is 3. The van der Waals surface area contributed by atoms with Gasteiger partial charge < -0.3 is 0 Å². The minimum atomic E-state index is 1.08. The van der Waals surface area contributed by atoms with Gasteiger partial charge in [-0.2, -0.15) is 0 Å². The highest BCUT2D eigenvalue weighted by Crippen LogP contribution is 2.25. The van der Waals surface area contributed by atoms with E-state index in [1.54, 1.807) is 17.5 Å². The van der Waals surface area contributed by atoms with E-state index in [1.807, 2.05) is 18.5 Å². The van der Waals surface area contributed by atoms with Crippen molar-refractivity contribution in [1.82, 2.24) is 9.97 Å². The summed E-state index contributed by atoms with van der Waals surface area (Å²) in [5.41, 5.74) is 0. The monoisotopic (exact) mass is 186 g/mol. The van der Waals surface area contributed by atoms with Gasteiger partial charge in [-0.05, 0) is 17.5 Å². The zero-order chi connectivity index (χ0) is 8.67. The molecule has 0 bridgehead atoms. The van der Waals surface area contributed by atoms with E-state index in [1.165, 1.54) is 10.8 Å². The molecule has 0 aliphatic heterocycles. The van der Waals surface area contributed by atoms with Crippen LogP contribution in [-0.2, 0) is 0 Å². The van der Waals surface area contributed by atoms with Crippen LogP contribution in [0.15, 0.2) is 36.1 Å². The van der Waals surface area contributed by atoms with Gasteiger partial charge in [0.25, 0.3) is 0 Å². The van der Waals surface area contributed by atoms with Crippen LogP contribution in [0.3, 0.4) is 0 Å². The van der Waals surface area contributed by atoms with Crippen molar-refractivity contribution >= 4 is 32.3 Å². The van der Waals surface area contributed by atoms with Crippen molar-refractivity contribution in [3.8, 4) is 0 Å². The average Bonchev–Trinajstić information content (AvgIpc) is 2.65. The van der Waals surface area contributed by atoms with Crippen molar-refractivity contribution in [2.45, 2.75) is 0 Å². The Hall–Kier alpha value is -1.48. The summed E-state index contributed by atoms with van der Waals surface area (Å²) < 4.78 is 0. The number of aromatic nitrogens is 2. The van der Waals surface area contributed by atoms with E-state index >= 15 is 0 Å². The quantitative estimate of drug-likeness (QED) is 0.539. The molecule has 13 heavy (non-hydrogen) atoms. The summed E-state index contributed by atoms with van der Waals surface area (Å²) in [5.74, 6) is 0. The van der Waals surface area contributed by atoms with E-state index in [0.717, 1.165) is 10.2 Å². The summed E-state index contributed by atoms with van der Waals surface area (Å²) in [6, 6.07) is 4.08. The van der Waals surface area contributed by atoms with Gasteiger partial charge in [-0.25, -0.2) is 4.98 Å². The third-order valence-corrected chi connectivity index (χ3v) is 2.93. The predicted molar refractivity (Wildman–Crippen MR) is 54.9 cm³/mol. The average molecular weight is 186 g/mol. The lowest BCUT2D eigenvalue weighted by atomic mass is 10.2. The number of nitrogens with zero attached hydrogens (tertiary/aromatic N) is 2. The molecule has 3 heteroatoms. The summed E-state index contributed by atoms with van der Waals surface area (Å²) in [6.07, 6.45) is 5.59. The second-order valence-electron chi connectivity index (χ2n) is 2.86. The minimum Gasteiger partial charge on any atom is -0.264 e. The highest BCUT2D eigenvalue weighted by atomic mass is 32.1. The summed E-state index contributed by atoms with van der Waals surface area (Å²) in [5, 5.41) is 5.61. The number of pyridine rings is 2. The molecular formula is C10H6N2S. The Labute approximate surface area is 78.9 Å². The molecule has 0 aliphatic rings. The topological polar surface area (TPSA) is 25.8 Å². The molecule has 3 heterocycles. The lowest BCUT2D eigenvalue weighted by molar-refractivity contribution is 1.36. The molecule has 3 aromatic heterocycles. The lowest BCUT2D eigenvalue weighted by Gasteiger charge is -1.96. The Morgan fingerprint density at radius 1 is 1.08 bits per heavy atom. The molecule has 0 radical (unpaired) electrons. The largest absolute Gasteiger partial charge is 0.264 e.